The first kappa shape index (κ1) is 17.3. The van der Waals surface area contributed by atoms with E-state index in [0.29, 0.717) is 37.2 Å². The summed E-state index contributed by atoms with van der Waals surface area (Å²) >= 11 is 3.24. The summed E-state index contributed by atoms with van der Waals surface area (Å²) in [7, 11) is 0. The number of H-pyrrole nitrogens is 1. The number of aromatic nitrogens is 1. The molecular weight excluding hydrogens is 392 g/mol. The molecular formula is C16H17BrN4O4. The molecule has 9 heteroatoms. The number of rotatable bonds is 3. The van der Waals surface area contributed by atoms with E-state index < -0.39 is 5.91 Å². The van der Waals surface area contributed by atoms with Crippen molar-refractivity contribution >= 4 is 33.7 Å². The zero-order valence-electron chi connectivity index (χ0n) is 13.3. The maximum Gasteiger partial charge on any atom is 0.286 e. The number of hydrogen-bond donors (Lipinski definition) is 3. The summed E-state index contributed by atoms with van der Waals surface area (Å²) < 4.78 is 5.67. The van der Waals surface area contributed by atoms with Crippen LogP contribution in [0, 0.1) is 5.92 Å². The summed E-state index contributed by atoms with van der Waals surface area (Å²) in [5.74, 6) is -1.02. The predicted octanol–water partition coefficient (Wildman–Crippen LogP) is 1.68. The molecule has 1 fully saturated rings. The highest BCUT2D eigenvalue weighted by Crippen LogP contribution is 2.19. The third-order valence-corrected chi connectivity index (χ3v) is 4.57. The maximum absolute atomic E-state index is 12.2. The van der Waals surface area contributed by atoms with E-state index in [2.05, 4.69) is 31.8 Å². The molecule has 0 spiro atoms. The molecule has 0 aliphatic carbocycles. The predicted molar refractivity (Wildman–Crippen MR) is 91.4 cm³/mol. The number of halogens is 1. The van der Waals surface area contributed by atoms with Gasteiger partial charge in [0, 0.05) is 29.7 Å². The summed E-state index contributed by atoms with van der Waals surface area (Å²) in [6, 6.07) is 3.23. The second-order valence-electron chi connectivity index (χ2n) is 5.75. The molecule has 0 saturated carbocycles. The van der Waals surface area contributed by atoms with Crippen LogP contribution in [0.3, 0.4) is 0 Å². The van der Waals surface area contributed by atoms with Crippen molar-refractivity contribution in [1.82, 2.24) is 20.7 Å². The quantitative estimate of drug-likeness (QED) is 0.671. The van der Waals surface area contributed by atoms with Crippen molar-refractivity contribution in [2.45, 2.75) is 12.8 Å². The Kier molecular flexibility index (Phi) is 5.22. The second kappa shape index (κ2) is 7.56. The Labute approximate surface area is 152 Å². The smallest absolute Gasteiger partial charge is 0.286 e. The molecule has 0 aromatic carbocycles. The van der Waals surface area contributed by atoms with Crippen LogP contribution in [0.15, 0.2) is 39.7 Å². The van der Waals surface area contributed by atoms with Crippen LogP contribution in [0.2, 0.25) is 0 Å². The summed E-state index contributed by atoms with van der Waals surface area (Å²) in [5.41, 5.74) is 5.67. The fourth-order valence-corrected chi connectivity index (χ4v) is 3.04. The molecule has 1 saturated heterocycles. The van der Waals surface area contributed by atoms with Crippen LogP contribution in [0.4, 0.5) is 0 Å². The summed E-state index contributed by atoms with van der Waals surface area (Å²) in [5, 5.41) is 0. The van der Waals surface area contributed by atoms with E-state index in [1.54, 1.807) is 23.2 Å². The molecule has 3 heterocycles. The minimum Gasteiger partial charge on any atom is -0.472 e. The number of hydrogen-bond acceptors (Lipinski definition) is 4. The molecule has 1 aliphatic rings. The molecule has 0 unspecified atom stereocenters. The highest BCUT2D eigenvalue weighted by atomic mass is 79.9. The number of carbonyl (C=O) groups excluding carboxylic acids is 3. The minimum atomic E-state index is -0.424. The second-order valence-corrected chi connectivity index (χ2v) is 6.67. The number of nitrogens with one attached hydrogen (secondary N) is 3. The summed E-state index contributed by atoms with van der Waals surface area (Å²) in [6.45, 7) is 0.971. The SMILES string of the molecule is O=C(NNC(=O)C1CCN(C(=O)c2ccoc2)CC1)c1cc(Br)c[nH]1. The van der Waals surface area contributed by atoms with E-state index in [4.69, 9.17) is 4.42 Å². The highest BCUT2D eigenvalue weighted by Gasteiger charge is 2.28. The van der Waals surface area contributed by atoms with Crippen molar-refractivity contribution in [2.75, 3.05) is 13.1 Å². The van der Waals surface area contributed by atoms with Gasteiger partial charge < -0.3 is 14.3 Å². The summed E-state index contributed by atoms with van der Waals surface area (Å²) in [4.78, 5) is 40.7. The Morgan fingerprint density at radius 1 is 1.24 bits per heavy atom. The van der Waals surface area contributed by atoms with Gasteiger partial charge in [-0.1, -0.05) is 0 Å². The molecule has 3 amide bonds. The molecule has 0 radical (unpaired) electrons. The fourth-order valence-electron chi connectivity index (χ4n) is 2.70. The third kappa shape index (κ3) is 4.11. The first-order valence-electron chi connectivity index (χ1n) is 7.80. The Balaban J connectivity index is 1.45. The van der Waals surface area contributed by atoms with Gasteiger partial charge in [-0.05, 0) is 40.9 Å². The van der Waals surface area contributed by atoms with Gasteiger partial charge in [0.15, 0.2) is 0 Å². The van der Waals surface area contributed by atoms with Crippen molar-refractivity contribution in [3.63, 3.8) is 0 Å². The number of nitrogens with zero attached hydrogens (tertiary/aromatic N) is 1. The molecule has 3 N–H and O–H groups in total. The molecule has 2 aromatic heterocycles. The molecule has 25 heavy (non-hydrogen) atoms. The number of hydrazine groups is 1. The average molecular weight is 409 g/mol. The first-order valence-corrected chi connectivity index (χ1v) is 8.59. The Hall–Kier alpha value is -2.55. The number of aromatic amines is 1. The normalized spacial score (nSPS) is 15.0. The van der Waals surface area contributed by atoms with Gasteiger partial charge in [0.25, 0.3) is 11.8 Å². The zero-order valence-corrected chi connectivity index (χ0v) is 14.8. The van der Waals surface area contributed by atoms with Crippen LogP contribution in [0.5, 0.6) is 0 Å². The van der Waals surface area contributed by atoms with Crippen molar-refractivity contribution in [3.8, 4) is 0 Å². The van der Waals surface area contributed by atoms with Gasteiger partial charge in [0.2, 0.25) is 5.91 Å². The van der Waals surface area contributed by atoms with E-state index >= 15 is 0 Å². The van der Waals surface area contributed by atoms with Crippen LogP contribution in [0.1, 0.15) is 33.7 Å². The van der Waals surface area contributed by atoms with Crippen molar-refractivity contribution < 1.29 is 18.8 Å². The number of carbonyl (C=O) groups is 3. The van der Waals surface area contributed by atoms with Crippen LogP contribution in [0.25, 0.3) is 0 Å². The van der Waals surface area contributed by atoms with Gasteiger partial charge in [-0.2, -0.15) is 0 Å². The Bertz CT molecular complexity index is 763. The monoisotopic (exact) mass is 408 g/mol. The van der Waals surface area contributed by atoms with Crippen LogP contribution < -0.4 is 10.9 Å². The molecule has 8 nitrogen and oxygen atoms in total. The molecule has 132 valence electrons. The van der Waals surface area contributed by atoms with Crippen molar-refractivity contribution in [2.24, 2.45) is 5.92 Å². The van der Waals surface area contributed by atoms with Gasteiger partial charge in [-0.25, -0.2) is 0 Å². The molecule has 2 aromatic rings. The fraction of sp³-hybridized carbons (Fsp3) is 0.312. The lowest BCUT2D eigenvalue weighted by Crippen LogP contribution is -2.48. The van der Waals surface area contributed by atoms with Gasteiger partial charge in [-0.3, -0.25) is 25.2 Å². The number of amides is 3. The van der Waals surface area contributed by atoms with E-state index in [1.165, 1.54) is 12.5 Å². The molecule has 1 aliphatic heterocycles. The van der Waals surface area contributed by atoms with E-state index in [9.17, 15) is 14.4 Å². The number of piperidine rings is 1. The van der Waals surface area contributed by atoms with Gasteiger partial charge in [-0.15, -0.1) is 0 Å². The summed E-state index contributed by atoms with van der Waals surface area (Å²) in [6.07, 6.45) is 5.58. The van der Waals surface area contributed by atoms with Gasteiger partial charge in [0.05, 0.1) is 11.8 Å². The van der Waals surface area contributed by atoms with Crippen LogP contribution in [-0.4, -0.2) is 40.7 Å². The zero-order chi connectivity index (χ0) is 17.8. The molecule has 0 bridgehead atoms. The topological polar surface area (TPSA) is 107 Å². The van der Waals surface area contributed by atoms with Crippen LogP contribution in [-0.2, 0) is 4.79 Å². The lowest BCUT2D eigenvalue weighted by molar-refractivity contribution is -0.127. The van der Waals surface area contributed by atoms with E-state index in [1.807, 2.05) is 0 Å². The maximum atomic E-state index is 12.2. The molecule has 3 rings (SSSR count). The lowest BCUT2D eigenvalue weighted by atomic mass is 9.96. The third-order valence-electron chi connectivity index (χ3n) is 4.11. The Morgan fingerprint density at radius 3 is 2.60 bits per heavy atom. The standard InChI is InChI=1S/C16H17BrN4O4/c17-12-7-13(18-8-12)15(23)20-19-14(22)10-1-4-21(5-2-10)16(24)11-3-6-25-9-11/h3,6-10,18H,1-2,4-5H2,(H,19,22)(H,20,23). The number of furan rings is 1. The van der Waals surface area contributed by atoms with Gasteiger partial charge >= 0.3 is 0 Å². The van der Waals surface area contributed by atoms with E-state index in [-0.39, 0.29) is 17.7 Å². The average Bonchev–Trinajstić information content (AvgIpc) is 3.30. The number of likely N-dealkylation sites (tertiary alicyclic amines) is 1. The van der Waals surface area contributed by atoms with Crippen molar-refractivity contribution in [3.05, 3.63) is 46.6 Å². The largest absolute Gasteiger partial charge is 0.472 e. The first-order chi connectivity index (χ1) is 12.0. The lowest BCUT2D eigenvalue weighted by Gasteiger charge is -2.31. The van der Waals surface area contributed by atoms with Gasteiger partial charge in [0.1, 0.15) is 12.0 Å². The minimum absolute atomic E-state index is 0.0989. The van der Waals surface area contributed by atoms with Crippen molar-refractivity contribution in [1.29, 1.82) is 0 Å². The van der Waals surface area contributed by atoms with Crippen LogP contribution >= 0.6 is 15.9 Å². The highest BCUT2D eigenvalue weighted by molar-refractivity contribution is 9.10. The Morgan fingerprint density at radius 2 is 2.00 bits per heavy atom. The van der Waals surface area contributed by atoms with E-state index in [0.717, 1.165) is 4.47 Å². The molecule has 0 atom stereocenters.